The van der Waals surface area contributed by atoms with Crippen LogP contribution in [-0.4, -0.2) is 29.8 Å². The molecule has 0 amide bonds. The van der Waals surface area contributed by atoms with Gasteiger partial charge in [-0.15, -0.1) is 0 Å². The fraction of sp³-hybridized carbons (Fsp3) is 0.400. The minimum absolute atomic E-state index is 0.556. The van der Waals surface area contributed by atoms with Gasteiger partial charge in [0.05, 0.1) is 24.1 Å². The fourth-order valence-electron chi connectivity index (χ4n) is 2.74. The molecule has 106 valence electrons. The molecule has 1 aromatic heterocycles. The lowest BCUT2D eigenvalue weighted by atomic mass is 9.95. The summed E-state index contributed by atoms with van der Waals surface area (Å²) >= 11 is 6.09. The average Bonchev–Trinajstić information content (AvgIpc) is 2.98. The molecule has 1 aromatic carbocycles. The van der Waals surface area contributed by atoms with E-state index in [-0.39, 0.29) is 0 Å². The first kappa shape index (κ1) is 13.5. The summed E-state index contributed by atoms with van der Waals surface area (Å²) in [6, 6.07) is 5.81. The first-order valence-electron chi connectivity index (χ1n) is 6.86. The zero-order valence-electron chi connectivity index (χ0n) is 11.5. The molecule has 1 saturated heterocycles. The molecular weight excluding hydrogens is 274 g/mol. The van der Waals surface area contributed by atoms with Crippen LogP contribution in [0.5, 0.6) is 5.75 Å². The van der Waals surface area contributed by atoms with E-state index in [1.54, 1.807) is 7.11 Å². The third-order valence-corrected chi connectivity index (χ3v) is 4.15. The summed E-state index contributed by atoms with van der Waals surface area (Å²) in [5, 5.41) is 4.02. The van der Waals surface area contributed by atoms with E-state index in [1.165, 1.54) is 5.69 Å². The second-order valence-electron chi connectivity index (χ2n) is 5.03. The Balaban J connectivity index is 1.96. The van der Waals surface area contributed by atoms with Crippen LogP contribution in [0.15, 0.2) is 30.7 Å². The molecule has 0 radical (unpaired) electrons. The number of benzene rings is 1. The van der Waals surface area contributed by atoms with Crippen LogP contribution in [0.1, 0.15) is 24.5 Å². The van der Waals surface area contributed by atoms with Gasteiger partial charge in [-0.05, 0) is 38.1 Å². The van der Waals surface area contributed by atoms with Crippen molar-refractivity contribution < 1.29 is 4.74 Å². The van der Waals surface area contributed by atoms with Crippen LogP contribution in [0.4, 0.5) is 0 Å². The number of nitrogens with zero attached hydrogens (tertiary/aromatic N) is 2. The second kappa shape index (κ2) is 5.85. The van der Waals surface area contributed by atoms with Gasteiger partial charge < -0.3 is 14.6 Å². The van der Waals surface area contributed by atoms with Gasteiger partial charge in [0.2, 0.25) is 0 Å². The summed E-state index contributed by atoms with van der Waals surface area (Å²) in [6.07, 6.45) is 6.13. The molecule has 5 heteroatoms. The van der Waals surface area contributed by atoms with Gasteiger partial charge in [0.1, 0.15) is 5.75 Å². The van der Waals surface area contributed by atoms with Crippen LogP contribution in [-0.2, 0) is 0 Å². The maximum Gasteiger partial charge on any atom is 0.139 e. The normalized spacial score (nSPS) is 16.3. The summed E-state index contributed by atoms with van der Waals surface area (Å²) in [5.41, 5.74) is 2.30. The van der Waals surface area contributed by atoms with Crippen LogP contribution in [0, 0.1) is 0 Å². The number of hydrogen-bond donors (Lipinski definition) is 1. The number of aromatic nitrogens is 2. The maximum atomic E-state index is 6.09. The fourth-order valence-corrected chi connectivity index (χ4v) is 2.93. The predicted molar refractivity (Wildman–Crippen MR) is 80.0 cm³/mol. The number of hydrogen-bond acceptors (Lipinski definition) is 3. The summed E-state index contributed by atoms with van der Waals surface area (Å²) in [4.78, 5) is 4.32. The molecule has 2 heterocycles. The van der Waals surface area contributed by atoms with Crippen molar-refractivity contribution in [3.63, 3.8) is 0 Å². The molecule has 1 fully saturated rings. The van der Waals surface area contributed by atoms with Crippen LogP contribution in [0.25, 0.3) is 5.69 Å². The van der Waals surface area contributed by atoms with E-state index in [4.69, 9.17) is 16.3 Å². The van der Waals surface area contributed by atoms with Crippen molar-refractivity contribution in [1.82, 2.24) is 14.9 Å². The van der Waals surface area contributed by atoms with Gasteiger partial charge in [-0.1, -0.05) is 11.6 Å². The van der Waals surface area contributed by atoms with E-state index in [0.29, 0.717) is 16.7 Å². The number of halogens is 1. The number of methoxy groups -OCH3 is 1. The molecule has 0 atom stereocenters. The van der Waals surface area contributed by atoms with Gasteiger partial charge in [-0.2, -0.15) is 0 Å². The monoisotopic (exact) mass is 291 g/mol. The summed E-state index contributed by atoms with van der Waals surface area (Å²) in [6.45, 7) is 2.14. The summed E-state index contributed by atoms with van der Waals surface area (Å²) < 4.78 is 7.43. The SMILES string of the molecule is COc1cc(-n2cncc2C2CCNCC2)ccc1Cl. The smallest absolute Gasteiger partial charge is 0.139 e. The van der Waals surface area contributed by atoms with Gasteiger partial charge in [-0.3, -0.25) is 0 Å². The third kappa shape index (κ3) is 2.53. The van der Waals surface area contributed by atoms with Crippen molar-refractivity contribution in [3.05, 3.63) is 41.4 Å². The predicted octanol–water partition coefficient (Wildman–Crippen LogP) is 3.00. The van der Waals surface area contributed by atoms with E-state index >= 15 is 0 Å². The van der Waals surface area contributed by atoms with E-state index in [1.807, 2.05) is 30.7 Å². The highest BCUT2D eigenvalue weighted by Gasteiger charge is 2.19. The number of imidazole rings is 1. The minimum Gasteiger partial charge on any atom is -0.495 e. The third-order valence-electron chi connectivity index (χ3n) is 3.84. The summed E-state index contributed by atoms with van der Waals surface area (Å²) in [5.74, 6) is 1.24. The Kier molecular flexibility index (Phi) is 3.94. The molecule has 20 heavy (non-hydrogen) atoms. The van der Waals surface area contributed by atoms with E-state index < -0.39 is 0 Å². The Labute approximate surface area is 123 Å². The van der Waals surface area contributed by atoms with Gasteiger partial charge >= 0.3 is 0 Å². The van der Waals surface area contributed by atoms with E-state index in [2.05, 4.69) is 14.9 Å². The van der Waals surface area contributed by atoms with Crippen LogP contribution in [0.3, 0.4) is 0 Å². The zero-order valence-corrected chi connectivity index (χ0v) is 12.2. The van der Waals surface area contributed by atoms with Crippen molar-refractivity contribution in [2.75, 3.05) is 20.2 Å². The number of nitrogens with one attached hydrogen (secondary N) is 1. The molecule has 1 N–H and O–H groups in total. The Morgan fingerprint density at radius 3 is 2.90 bits per heavy atom. The second-order valence-corrected chi connectivity index (χ2v) is 5.44. The van der Waals surface area contributed by atoms with Gasteiger partial charge in [-0.25, -0.2) is 4.98 Å². The molecule has 0 saturated carbocycles. The largest absolute Gasteiger partial charge is 0.495 e. The van der Waals surface area contributed by atoms with Gasteiger partial charge in [0.15, 0.2) is 0 Å². The Bertz CT molecular complexity index is 591. The molecule has 0 bridgehead atoms. The van der Waals surface area contributed by atoms with Crippen molar-refractivity contribution in [2.24, 2.45) is 0 Å². The number of ether oxygens (including phenoxy) is 1. The lowest BCUT2D eigenvalue weighted by Crippen LogP contribution is -2.27. The molecular formula is C15H18ClN3O. The van der Waals surface area contributed by atoms with Crippen LogP contribution >= 0.6 is 11.6 Å². The lowest BCUT2D eigenvalue weighted by Gasteiger charge is -2.23. The molecule has 0 aliphatic carbocycles. The molecule has 4 nitrogen and oxygen atoms in total. The van der Waals surface area contributed by atoms with Crippen molar-refractivity contribution >= 4 is 11.6 Å². The summed E-state index contributed by atoms with van der Waals surface area (Å²) in [7, 11) is 1.63. The van der Waals surface area contributed by atoms with Crippen molar-refractivity contribution in [3.8, 4) is 11.4 Å². The number of rotatable bonds is 3. The van der Waals surface area contributed by atoms with Crippen LogP contribution < -0.4 is 10.1 Å². The standard InChI is InChI=1S/C15H18ClN3O/c1-20-15-8-12(2-3-13(15)16)19-10-18-9-14(19)11-4-6-17-7-5-11/h2-3,8-11,17H,4-7H2,1H3. The Morgan fingerprint density at radius 2 is 2.15 bits per heavy atom. The lowest BCUT2D eigenvalue weighted by molar-refractivity contribution is 0.414. The minimum atomic E-state index is 0.556. The van der Waals surface area contributed by atoms with E-state index in [9.17, 15) is 0 Å². The average molecular weight is 292 g/mol. The highest BCUT2D eigenvalue weighted by atomic mass is 35.5. The van der Waals surface area contributed by atoms with Crippen molar-refractivity contribution in [2.45, 2.75) is 18.8 Å². The Morgan fingerprint density at radius 1 is 1.35 bits per heavy atom. The van der Waals surface area contributed by atoms with Gasteiger partial charge in [0.25, 0.3) is 0 Å². The Hall–Kier alpha value is -1.52. The maximum absolute atomic E-state index is 6.09. The first-order chi connectivity index (χ1) is 9.79. The molecule has 2 aromatic rings. The molecule has 0 spiro atoms. The van der Waals surface area contributed by atoms with Gasteiger partial charge in [0, 0.05) is 23.9 Å². The van der Waals surface area contributed by atoms with Crippen LogP contribution in [0.2, 0.25) is 5.02 Å². The highest BCUT2D eigenvalue weighted by Crippen LogP contribution is 2.30. The first-order valence-corrected chi connectivity index (χ1v) is 7.24. The molecule has 0 unspecified atom stereocenters. The quantitative estimate of drug-likeness (QED) is 0.945. The molecule has 1 aliphatic heterocycles. The van der Waals surface area contributed by atoms with E-state index in [0.717, 1.165) is 31.6 Å². The number of piperidine rings is 1. The topological polar surface area (TPSA) is 39.1 Å². The van der Waals surface area contributed by atoms with Crippen molar-refractivity contribution in [1.29, 1.82) is 0 Å². The molecule has 1 aliphatic rings. The molecule has 3 rings (SSSR count). The highest BCUT2D eigenvalue weighted by molar-refractivity contribution is 6.32. The zero-order chi connectivity index (χ0) is 13.9.